The van der Waals surface area contributed by atoms with Crippen LogP contribution in [-0.2, 0) is 134 Å². The molecule has 3 aliphatic heterocycles. The lowest BCUT2D eigenvalue weighted by atomic mass is 10.0. The number of nitrogens with one attached hydrogen (secondary N) is 16. The Bertz CT molecular complexity index is 5520. The summed E-state index contributed by atoms with van der Waals surface area (Å²) in [5, 5.41) is 106. The molecular formula is C94H128N22O31S2. The van der Waals surface area contributed by atoms with Crippen LogP contribution in [-0.4, -0.2) is 345 Å². The predicted octanol–water partition coefficient (Wildman–Crippen LogP) is -5.56. The van der Waals surface area contributed by atoms with Gasteiger partial charge < -0.3 is 147 Å². The minimum Gasteiger partial charge on any atom is -0.508 e. The second kappa shape index (κ2) is 60.4. The average Bonchev–Trinajstić information content (AvgIpc) is 1.66. The van der Waals surface area contributed by atoms with E-state index in [0.717, 1.165) is 6.92 Å². The predicted molar refractivity (Wildman–Crippen MR) is 530 cm³/mol. The number of primary amides is 1. The van der Waals surface area contributed by atoms with Gasteiger partial charge in [-0.05, 0) is 156 Å². The first kappa shape index (κ1) is 120. The number of carboxylic acid groups (broad SMARTS) is 6. The van der Waals surface area contributed by atoms with Crippen molar-refractivity contribution >= 4 is 183 Å². The number of aliphatic carboxylic acids is 6. The quantitative estimate of drug-likeness (QED) is 0.0111. The van der Waals surface area contributed by atoms with E-state index >= 15 is 0 Å². The van der Waals surface area contributed by atoms with Crippen molar-refractivity contribution in [3.63, 3.8) is 0 Å². The van der Waals surface area contributed by atoms with Crippen LogP contribution in [0.1, 0.15) is 158 Å². The van der Waals surface area contributed by atoms with Crippen LogP contribution in [0.15, 0.2) is 90.1 Å². The number of phenolic OH excluding ortho intramolecular Hbond substituents is 1. The number of likely N-dealkylation sites (tertiary alicyclic amines) is 2. The molecule has 0 bridgehead atoms. The number of carbonyl (C=O) groups excluding carboxylic acids is 18. The molecule has 3 aromatic carbocycles. The molecule has 0 radical (unpaired) electrons. The molecule has 0 spiro atoms. The molecule has 3 saturated heterocycles. The normalized spacial score (nSPS) is 16.7. The molecule has 18 amide bonds. The van der Waals surface area contributed by atoms with Crippen LogP contribution >= 0.6 is 23.5 Å². The summed E-state index contributed by atoms with van der Waals surface area (Å²) >= 11 is 2.45. The Kier molecular flexibility index (Phi) is 48.7. The van der Waals surface area contributed by atoms with Crippen molar-refractivity contribution in [2.24, 2.45) is 22.2 Å². The zero-order valence-electron chi connectivity index (χ0n) is 81.9. The van der Waals surface area contributed by atoms with Gasteiger partial charge in [0.05, 0.1) is 13.0 Å². The molecule has 3 aliphatic rings. The zero-order valence-corrected chi connectivity index (χ0v) is 83.5. The third kappa shape index (κ3) is 40.2. The smallest absolute Gasteiger partial charge is 0.305 e. The molecular weight excluding hydrogens is 2000 g/mol. The molecule has 29 N–H and O–H groups in total. The fraction of sp³-hybridized carbons (Fsp3) is 0.521. The number of H-pyrrole nitrogens is 1. The highest BCUT2D eigenvalue weighted by molar-refractivity contribution is 7.98. The molecule has 3 fully saturated rings. The standard InChI is InChI=1S/C94H128N22O31S2/c1-48(79(133)113-65(43-50-19-21-52(117)22-20-50)80(134)100-47-71(119)103-66(44-51-46-99-54-15-8-7-14-53(51)54)89(143)109-61(35-40-148-2)88(142)114-67(45-77(130)131)90(144)112-64(78(95)132)42-49-12-5-4-6-13-49)101-81(135)56(24-30-72(120)121)104-83(137)57(25-31-73(122)123)105-84(138)58(26-32-74(124)125)106-85(139)59(27-33-75(126)127)107-86(140)60(28-34-76(128)129)108-87(141)62(36-41-149-3)110-91(145)68-17-10-38-115(68)93(147)69-18-11-39-116(69)92(146)63(16-9-37-98-94(96)97)111-82(136)55-23-29-70(118)102-55/h4-8,12-15,19-22,46,48,55-69,99,117H,9-11,16-18,23-45,47H2,1-3H3,(H2,95,132)(H,100,134)(H,101,135)(H,102,118)(H,103,119)(H,104,137)(H,105,138)(H,106,139)(H,107,140)(H,108,141)(H,109,143)(H,110,145)(H,111,136)(H,112,144)(H,113,133)(H,114,142)(H,120,121)(H,122,123)(H,124,125)(H,126,127)(H,128,129)(H,130,131)(H4,96,97,98)/t48-,55-,56-,57-,58-,59-,60-,61-,62-,63-,64-,65-,66-,67-,68-,69-/m0/s1. The monoisotopic (exact) mass is 2120 g/mol. The van der Waals surface area contributed by atoms with Crippen molar-refractivity contribution in [1.82, 2.24) is 94.5 Å². The van der Waals surface area contributed by atoms with E-state index in [9.17, 15) is 151 Å². The number of carbonyl (C=O) groups is 24. The van der Waals surface area contributed by atoms with Gasteiger partial charge in [0.1, 0.15) is 102 Å². The summed E-state index contributed by atoms with van der Waals surface area (Å²) < 4.78 is 0. The molecule has 4 aromatic rings. The number of nitrogens with two attached hydrogens (primary N) is 3. The number of nitrogens with zero attached hydrogens (tertiary/aromatic N) is 3. The van der Waals surface area contributed by atoms with Gasteiger partial charge in [-0.3, -0.25) is 120 Å². The lowest BCUT2D eigenvalue weighted by molar-refractivity contribution is -0.148. The van der Waals surface area contributed by atoms with Gasteiger partial charge in [0.25, 0.3) is 0 Å². The Labute approximate surface area is 861 Å². The fourth-order valence-electron chi connectivity index (χ4n) is 16.4. The van der Waals surface area contributed by atoms with Gasteiger partial charge in [-0.15, -0.1) is 0 Å². The van der Waals surface area contributed by atoms with Crippen LogP contribution < -0.4 is 97.0 Å². The van der Waals surface area contributed by atoms with E-state index in [-0.39, 0.29) is 125 Å². The van der Waals surface area contributed by atoms with E-state index in [1.54, 1.807) is 73.3 Å². The summed E-state index contributed by atoms with van der Waals surface area (Å²) in [5.74, 6) is -28.4. The van der Waals surface area contributed by atoms with Crippen molar-refractivity contribution in [3.05, 3.63) is 102 Å². The SMILES string of the molecule is CSCC[C@H](NC(=O)[C@H](Cc1c[nH]c2ccccc12)NC(=O)CNC(=O)[C@H](Cc1ccc(O)cc1)NC(=O)[C@H](C)NC(=O)[C@H](CCC(=O)O)NC(=O)[C@H](CCC(=O)O)NC(=O)[C@H](CCC(=O)O)NC(=O)[C@H](CCC(=O)O)NC(=O)[C@H](CCC(=O)O)NC(=O)[C@H](CCSC)NC(=O)[C@@H]1CCCN1C(=O)[C@@H]1CCCN1C(=O)[C@H](CCCN=C(N)N)NC(=O)[C@@H]1CCC(=O)N1)C(=O)N[C@@H](CC(=O)O)C(=O)N[C@@H](Cc1ccccc1)C(N)=O. The lowest BCUT2D eigenvalue weighted by Gasteiger charge is -2.33. The van der Waals surface area contributed by atoms with Crippen LogP contribution in [0.4, 0.5) is 0 Å². The number of phenols is 1. The van der Waals surface area contributed by atoms with Crippen molar-refractivity contribution in [2.45, 2.75) is 258 Å². The average molecular weight is 2130 g/mol. The fourth-order valence-corrected chi connectivity index (χ4v) is 17.4. The number of aromatic amines is 1. The molecule has 0 saturated carbocycles. The zero-order chi connectivity index (χ0) is 110. The number of hydrogen-bond acceptors (Lipinski definition) is 28. The number of fused-ring (bicyclic) bond motifs is 1. The Balaban J connectivity index is 1.04. The van der Waals surface area contributed by atoms with Crippen molar-refractivity contribution in [3.8, 4) is 5.75 Å². The van der Waals surface area contributed by atoms with E-state index in [2.05, 4.69) is 89.7 Å². The summed E-state index contributed by atoms with van der Waals surface area (Å²) in [6.07, 6.45) is -4.98. The van der Waals surface area contributed by atoms with Crippen LogP contribution in [0.2, 0.25) is 0 Å². The van der Waals surface area contributed by atoms with Gasteiger partial charge in [0.15, 0.2) is 5.96 Å². The van der Waals surface area contributed by atoms with Gasteiger partial charge in [-0.2, -0.15) is 23.5 Å². The largest absolute Gasteiger partial charge is 0.508 e. The van der Waals surface area contributed by atoms with E-state index in [0.29, 0.717) is 28.5 Å². The van der Waals surface area contributed by atoms with Crippen LogP contribution in [0, 0.1) is 0 Å². The second-order valence-electron chi connectivity index (χ2n) is 35.6. The molecule has 149 heavy (non-hydrogen) atoms. The number of para-hydroxylation sites is 1. The molecule has 0 aliphatic carbocycles. The number of guanidine groups is 1. The number of aromatic nitrogens is 1. The molecule has 4 heterocycles. The van der Waals surface area contributed by atoms with Crippen molar-refractivity contribution in [2.75, 3.05) is 50.2 Å². The van der Waals surface area contributed by atoms with Gasteiger partial charge in [-0.25, -0.2) is 0 Å². The minimum absolute atomic E-state index is 0.00984. The Morgan fingerprint density at radius 1 is 0.423 bits per heavy atom. The third-order valence-corrected chi connectivity index (χ3v) is 25.6. The van der Waals surface area contributed by atoms with Crippen molar-refractivity contribution in [1.29, 1.82) is 0 Å². The topological polar surface area (TPSA) is 844 Å². The van der Waals surface area contributed by atoms with E-state index in [1.165, 1.54) is 57.6 Å². The number of hydrogen-bond donors (Lipinski definition) is 26. The highest BCUT2D eigenvalue weighted by Crippen LogP contribution is 2.28. The summed E-state index contributed by atoms with van der Waals surface area (Å²) in [4.78, 5) is 337. The molecule has 53 nitrogen and oxygen atoms in total. The van der Waals surface area contributed by atoms with E-state index in [4.69, 9.17) is 17.2 Å². The maximum Gasteiger partial charge on any atom is 0.305 e. The first-order valence-electron chi connectivity index (χ1n) is 47.9. The van der Waals surface area contributed by atoms with Gasteiger partial charge in [0.2, 0.25) is 106 Å². The summed E-state index contributed by atoms with van der Waals surface area (Å²) in [6.45, 7) is 0.258. The molecule has 7 rings (SSSR count). The highest BCUT2D eigenvalue weighted by Gasteiger charge is 2.46. The van der Waals surface area contributed by atoms with E-state index < -0.39 is 317 Å². The number of carboxylic acids is 6. The first-order valence-corrected chi connectivity index (χ1v) is 50.6. The maximum atomic E-state index is 14.7. The van der Waals surface area contributed by atoms with E-state index in [1.807, 2.05) is 0 Å². The van der Waals surface area contributed by atoms with Crippen molar-refractivity contribution < 1.29 is 151 Å². The van der Waals surface area contributed by atoms with Gasteiger partial charge in [-0.1, -0.05) is 60.7 Å². The maximum absolute atomic E-state index is 14.7. The minimum atomic E-state index is -2.14. The lowest BCUT2D eigenvalue weighted by Crippen LogP contribution is -2.60. The Morgan fingerprint density at radius 3 is 1.32 bits per heavy atom. The van der Waals surface area contributed by atoms with Crippen LogP contribution in [0.25, 0.3) is 10.9 Å². The number of benzene rings is 3. The second-order valence-corrected chi connectivity index (χ2v) is 37.5. The number of amides is 18. The molecule has 55 heteroatoms. The highest BCUT2D eigenvalue weighted by atomic mass is 32.2. The number of thioether (sulfide) groups is 2. The molecule has 16 atom stereocenters. The number of aromatic hydroxyl groups is 1. The van der Waals surface area contributed by atoms with Crippen LogP contribution in [0.5, 0.6) is 5.75 Å². The molecule has 1 aromatic heterocycles. The van der Waals surface area contributed by atoms with Gasteiger partial charge >= 0.3 is 35.8 Å². The number of aliphatic imine (C=N–C) groups is 1. The third-order valence-electron chi connectivity index (χ3n) is 24.3. The summed E-state index contributed by atoms with van der Waals surface area (Å²) in [5.41, 5.74) is 18.5. The Morgan fingerprint density at radius 2 is 0.839 bits per heavy atom. The summed E-state index contributed by atoms with van der Waals surface area (Å²) in [6, 6.07) is -5.90. The molecule has 812 valence electrons. The van der Waals surface area contributed by atoms with Crippen LogP contribution in [0.3, 0.4) is 0 Å². The molecule has 0 unspecified atom stereocenters. The summed E-state index contributed by atoms with van der Waals surface area (Å²) in [7, 11) is 0. The van der Waals surface area contributed by atoms with Gasteiger partial charge in [0, 0.05) is 94.5 Å². The Hall–Kier alpha value is -15.7. The first-order chi connectivity index (χ1) is 70.7. The number of rotatable bonds is 64.